The van der Waals surface area contributed by atoms with Crippen LogP contribution in [0.5, 0.6) is 0 Å². The molecule has 0 spiro atoms. The van der Waals surface area contributed by atoms with Crippen molar-refractivity contribution in [1.82, 2.24) is 0 Å². The van der Waals surface area contributed by atoms with Crippen molar-refractivity contribution in [3.8, 4) is 0 Å². The fourth-order valence-corrected chi connectivity index (χ4v) is 1290. The van der Waals surface area contributed by atoms with E-state index in [2.05, 4.69) is 384 Å². The second-order valence-electron chi connectivity index (χ2n) is 13.8. The largest absolute Gasteiger partial charge is 0.102 e. The lowest BCUT2D eigenvalue weighted by Gasteiger charge is -2.63. The van der Waals surface area contributed by atoms with Gasteiger partial charge in [0.25, 0.3) is 0 Å². The van der Waals surface area contributed by atoms with Crippen LogP contribution in [0.4, 0.5) is 0 Å². The van der Waals surface area contributed by atoms with E-state index in [1.807, 2.05) is 0 Å². The predicted molar refractivity (Wildman–Crippen MR) is 723 cm³/mol. The van der Waals surface area contributed by atoms with E-state index in [9.17, 15) is 0 Å². The molecule has 0 aromatic heterocycles. The average Bonchev–Trinajstić information content (AvgIpc) is 3.29. The Labute approximate surface area is 683 Å². The number of hydrogen-bond acceptors (Lipinski definition) is 0. The van der Waals surface area contributed by atoms with Crippen LogP contribution >= 0.6 is 694 Å². The van der Waals surface area contributed by atoms with Crippen LogP contribution in [0.1, 0.15) is 0 Å². The van der Waals surface area contributed by atoms with E-state index in [0.717, 1.165) is 7.96 Å². The summed E-state index contributed by atoms with van der Waals surface area (Å²) >= 11 is 0. The average molecular weight is 2780 g/mol. The smallest absolute Gasteiger partial charge is 0.00000253 e. The third-order valence-electron chi connectivity index (χ3n) is 7.67. The Kier molecular flexibility index (Phi) is 97.8. The monoisotopic (exact) mass is 2780 g/mol. The first kappa shape index (κ1) is 124. The quantitative estimate of drug-likeness (QED) is 0.0535. The van der Waals surface area contributed by atoms with Gasteiger partial charge in [-0.25, -0.2) is 0 Å². The minimum atomic E-state index is -0.548. The van der Waals surface area contributed by atoms with Crippen LogP contribution in [0.15, 0.2) is 0 Å². The molecule has 0 aromatic carbocycles. The standard InChI is InChI=1S/H87P87/c1-45-67(44)78(66(42)43)84(79(68(46(2)3)47(4)5)69(48(6)7)49(8)9)87(85(80(70(50(10)11)51(12)13)71(52(14)15)53(16)17)81(72(54(18)19)55(20)21)73(56(22)23)57(24)25)86(82(74(58(26)27)59(28)29)75(60(30)31)61(32)33)83(76(62(34)35)63(36)37)77(64(38)39)65(40)41/h1-2,45H,3-44H2. The molecule has 0 rings (SSSR count). The Bertz CT molecular complexity index is 1370. The van der Waals surface area contributed by atoms with Gasteiger partial charge in [0.1, 0.15) is 0 Å². The first-order valence-corrected chi connectivity index (χ1v) is 178. The molecule has 0 fully saturated rings. The molecule has 0 aliphatic rings. The van der Waals surface area contributed by atoms with Crippen LogP contribution in [0.25, 0.3) is 0 Å². The fourth-order valence-electron chi connectivity index (χ4n) is 5.29. The molecule has 0 amide bonds. The Morgan fingerprint density at radius 3 is 0.322 bits per heavy atom. The van der Waals surface area contributed by atoms with E-state index in [0.29, 0.717) is 0 Å². The highest BCUT2D eigenvalue weighted by Crippen LogP contribution is 3.53. The van der Waals surface area contributed by atoms with Crippen molar-refractivity contribution in [2.24, 2.45) is 0 Å². The van der Waals surface area contributed by atoms with Crippen LogP contribution in [0, 0.1) is 0 Å². The van der Waals surface area contributed by atoms with Gasteiger partial charge in [0, 0.05) is 0 Å². The third-order valence-corrected chi connectivity index (χ3v) is 621. The van der Waals surface area contributed by atoms with Crippen LogP contribution < -0.4 is 0 Å². The Balaban J connectivity index is 13.4. The summed E-state index contributed by atoms with van der Waals surface area (Å²) < 4.78 is 0. The third kappa shape index (κ3) is 44.0. The molecule has 0 bridgehead atoms. The van der Waals surface area contributed by atoms with E-state index in [1.165, 1.54) is 0 Å². The molecule has 0 heterocycles. The van der Waals surface area contributed by atoms with Crippen molar-refractivity contribution in [3.63, 3.8) is 0 Å². The molecule has 0 aromatic rings. The summed E-state index contributed by atoms with van der Waals surface area (Å²) in [6.45, 7) is -16.8. The van der Waals surface area contributed by atoms with E-state index >= 15 is 0 Å². The Hall–Kier alpha value is 37.4. The lowest BCUT2D eigenvalue weighted by atomic mass is 28.4. The van der Waals surface area contributed by atoms with E-state index in [-0.39, 0.29) is 203 Å². The lowest BCUT2D eigenvalue weighted by Crippen LogP contribution is -1.76. The molecule has 0 saturated carbocycles. The van der Waals surface area contributed by atoms with Gasteiger partial charge in [-0.15, -0.1) is 375 Å². The molecule has 0 aliphatic heterocycles. The second kappa shape index (κ2) is 68.4. The summed E-state index contributed by atoms with van der Waals surface area (Å²) in [7, 11) is 167. The van der Waals surface area contributed by atoms with Crippen molar-refractivity contribution in [1.29, 1.82) is 0 Å². The van der Waals surface area contributed by atoms with E-state index in [4.69, 9.17) is 8.93 Å². The summed E-state index contributed by atoms with van der Waals surface area (Å²) in [5.74, 6) is 0. The highest BCUT2D eigenvalue weighted by molar-refractivity contribution is 9.59. The van der Waals surface area contributed by atoms with Crippen molar-refractivity contribution in [2.45, 2.75) is 0 Å². The molecule has 0 nitrogen and oxygen atoms in total. The van der Waals surface area contributed by atoms with Gasteiger partial charge in [0.15, 0.2) is 0 Å². The zero-order valence-corrected chi connectivity index (χ0v) is 134. The Morgan fingerprint density at radius 1 is 0.138 bits per heavy atom. The first-order chi connectivity index (χ1) is 39.6. The van der Waals surface area contributed by atoms with Crippen LogP contribution in [0.2, 0.25) is 0 Å². The fraction of sp³-hybridized carbons (Fsp3) is 0. The maximum absolute atomic E-state index is 4.90. The van der Waals surface area contributed by atoms with Crippen LogP contribution in [-0.2, 0) is 0 Å². The maximum Gasteiger partial charge on any atom is -0.00000253 e. The van der Waals surface area contributed by atoms with Crippen molar-refractivity contribution in [3.05, 3.63) is 0 Å². The molecule has 49 atom stereocenters. The highest BCUT2D eigenvalue weighted by atomic mass is 33.6. The van der Waals surface area contributed by atoms with Gasteiger partial charge >= 0.3 is 0 Å². The summed E-state index contributed by atoms with van der Waals surface area (Å²) in [6.07, 6.45) is 0. The van der Waals surface area contributed by atoms with E-state index < -0.39 is 90.8 Å². The van der Waals surface area contributed by atoms with Crippen LogP contribution in [0.3, 0.4) is 0 Å². The van der Waals surface area contributed by atoms with Crippen molar-refractivity contribution < 1.29 is 0 Å². The van der Waals surface area contributed by atoms with Crippen molar-refractivity contribution in [2.75, 3.05) is 0 Å². The van der Waals surface area contributed by atoms with E-state index in [1.54, 1.807) is 0 Å². The molecular formula is H87P87. The van der Waals surface area contributed by atoms with Crippen LogP contribution in [-0.4, -0.2) is 0 Å². The number of hydrogen-bond donors (Lipinski definition) is 0. The minimum absolute atomic E-state index is 0.351. The molecular weight excluding hydrogens is 2690 g/mol. The molecule has 0 aliphatic carbocycles. The molecule has 87 heteroatoms. The van der Waals surface area contributed by atoms with Gasteiger partial charge in [-0.3, -0.25) is 0 Å². The van der Waals surface area contributed by atoms with Gasteiger partial charge in [-0.2, -0.15) is 0 Å². The Morgan fingerprint density at radius 2 is 0.230 bits per heavy atom. The maximum atomic E-state index is 4.90. The molecule has 49 unspecified atom stereocenters. The molecule has 87 heavy (non-hydrogen) atoms. The summed E-state index contributed by atoms with van der Waals surface area (Å²) in [4.78, 5) is 0. The summed E-state index contributed by atoms with van der Waals surface area (Å²) in [6, 6.07) is 0. The normalized spacial score (nSPS) is 15.8. The van der Waals surface area contributed by atoms with Gasteiger partial charge in [-0.1, -0.05) is 25.8 Å². The predicted octanol–water partition coefficient (Wildman–Crippen LogP) is 51.6. The zero-order valence-electron chi connectivity index (χ0n) is 44.5. The van der Waals surface area contributed by atoms with Gasteiger partial charge in [-0.05, 0) is 293 Å². The minimum Gasteiger partial charge on any atom is -0.102 e. The van der Waals surface area contributed by atoms with Gasteiger partial charge in [0.05, 0.1) is 0 Å². The van der Waals surface area contributed by atoms with Crippen molar-refractivity contribution >= 4 is 694 Å². The lowest BCUT2D eigenvalue weighted by molar-refractivity contribution is 4.30. The summed E-state index contributed by atoms with van der Waals surface area (Å²) in [5, 5.41) is 0. The van der Waals surface area contributed by atoms with Gasteiger partial charge in [0.2, 0.25) is 0 Å². The van der Waals surface area contributed by atoms with Gasteiger partial charge < -0.3 is 0 Å². The SMILES string of the molecule is [PH]PP(P)P(P(P)P)P(P(P(P([PH])P)P(P)P)P(P(P)P)P(P)P)P(P(P(P(P(P)P)P(P)P)P(P(P)P)P(P)P)P(P(P(P)P)P(P)P)P(P(P)P)P(P)P)P(P(P(P(P)P)P(P)P)P(P(P)P)P(P)P)P(P(P(P)P)P(P)P)P(P(P)P)P(P)P. The highest BCUT2D eigenvalue weighted by Gasteiger charge is 2.66. The molecule has 2 radical (unpaired) electrons. The second-order valence-corrected chi connectivity index (χ2v) is 372. The topological polar surface area (TPSA) is 0 Å². The molecule has 0 saturated heterocycles. The zero-order chi connectivity index (χ0) is 69.0. The molecule has 0 N–H and O–H groups in total. The first-order valence-electron chi connectivity index (χ1n) is 19.7. The molecule has 522 valence electrons. The summed E-state index contributed by atoms with van der Waals surface area (Å²) in [5.41, 5.74) is 0. The number of rotatable bonds is 42.